The van der Waals surface area contributed by atoms with Crippen molar-refractivity contribution < 1.29 is 23.1 Å². The Hall–Kier alpha value is -2.34. The quantitative estimate of drug-likeness (QED) is 0.912. The highest BCUT2D eigenvalue weighted by Crippen LogP contribution is 2.20. The highest BCUT2D eigenvalue weighted by molar-refractivity contribution is 5.95. The summed E-state index contributed by atoms with van der Waals surface area (Å²) in [6.45, 7) is 1.23. The van der Waals surface area contributed by atoms with Gasteiger partial charge in [0.05, 0.1) is 5.56 Å². The molecule has 0 radical (unpaired) electrons. The second kappa shape index (κ2) is 6.62. The minimum atomic E-state index is -1.54. The normalized spacial score (nSPS) is 12.0. The lowest BCUT2D eigenvalue weighted by Gasteiger charge is -2.14. The molecule has 0 heterocycles. The van der Waals surface area contributed by atoms with Crippen LogP contribution in [0.2, 0.25) is 0 Å². The average molecular weight is 309 g/mol. The van der Waals surface area contributed by atoms with E-state index >= 15 is 0 Å². The predicted molar refractivity (Wildman–Crippen MR) is 74.8 cm³/mol. The Bertz CT molecular complexity index is 684. The molecule has 1 atom stereocenters. The average Bonchev–Trinajstić information content (AvgIpc) is 2.47. The van der Waals surface area contributed by atoms with Gasteiger partial charge >= 0.3 is 0 Å². The van der Waals surface area contributed by atoms with Crippen LogP contribution in [0.5, 0.6) is 0 Å². The van der Waals surface area contributed by atoms with Crippen molar-refractivity contribution in [2.45, 2.75) is 13.0 Å². The Labute approximate surface area is 125 Å². The van der Waals surface area contributed by atoms with Gasteiger partial charge in [-0.15, -0.1) is 0 Å². The smallest absolute Gasteiger partial charge is 0.251 e. The van der Waals surface area contributed by atoms with Crippen LogP contribution in [0.25, 0.3) is 0 Å². The first-order valence-corrected chi connectivity index (χ1v) is 6.56. The van der Waals surface area contributed by atoms with E-state index in [-0.39, 0.29) is 5.56 Å². The number of rotatable bonds is 4. The molecule has 0 aliphatic carbocycles. The number of aryl methyl sites for hydroxylation is 1. The minimum absolute atomic E-state index is 0.0983. The minimum Gasteiger partial charge on any atom is -0.386 e. The third kappa shape index (κ3) is 3.46. The fraction of sp³-hybridized carbons (Fsp3) is 0.188. The van der Waals surface area contributed by atoms with Gasteiger partial charge in [-0.3, -0.25) is 4.79 Å². The molecule has 0 fully saturated rings. The van der Waals surface area contributed by atoms with Crippen LogP contribution in [0, 0.1) is 24.4 Å². The zero-order valence-electron chi connectivity index (χ0n) is 11.7. The number of aliphatic hydroxyl groups excluding tert-OH is 1. The van der Waals surface area contributed by atoms with Crippen molar-refractivity contribution in [3.05, 3.63) is 70.5 Å². The Morgan fingerprint density at radius 3 is 2.45 bits per heavy atom. The summed E-state index contributed by atoms with van der Waals surface area (Å²) in [5.41, 5.74) is 0.130. The summed E-state index contributed by atoms with van der Waals surface area (Å²) in [6, 6.07) is 6.92. The van der Waals surface area contributed by atoms with Crippen LogP contribution in [0.4, 0.5) is 13.2 Å². The van der Waals surface area contributed by atoms with Gasteiger partial charge in [0.1, 0.15) is 23.6 Å². The van der Waals surface area contributed by atoms with Crippen LogP contribution in [0.3, 0.4) is 0 Å². The maximum Gasteiger partial charge on any atom is 0.251 e. The number of amides is 1. The lowest BCUT2D eigenvalue weighted by atomic mass is 10.1. The molecule has 0 spiro atoms. The Kier molecular flexibility index (Phi) is 4.82. The van der Waals surface area contributed by atoms with Gasteiger partial charge in [-0.25, -0.2) is 13.2 Å². The molecular weight excluding hydrogens is 295 g/mol. The fourth-order valence-corrected chi connectivity index (χ4v) is 2.05. The van der Waals surface area contributed by atoms with Crippen LogP contribution < -0.4 is 5.32 Å². The molecule has 3 nitrogen and oxygen atoms in total. The summed E-state index contributed by atoms with van der Waals surface area (Å²) in [5.74, 6) is -3.00. The van der Waals surface area contributed by atoms with E-state index in [0.717, 1.165) is 18.2 Å². The SMILES string of the molecule is Cc1ccc(F)cc1C(=O)NCC(O)c1c(F)cccc1F. The van der Waals surface area contributed by atoms with E-state index < -0.39 is 41.6 Å². The third-order valence-electron chi connectivity index (χ3n) is 3.23. The van der Waals surface area contributed by atoms with E-state index in [1.165, 1.54) is 18.2 Å². The molecule has 6 heteroatoms. The van der Waals surface area contributed by atoms with E-state index in [1.54, 1.807) is 6.92 Å². The molecule has 2 aromatic carbocycles. The third-order valence-corrected chi connectivity index (χ3v) is 3.23. The monoisotopic (exact) mass is 309 g/mol. The molecule has 1 unspecified atom stereocenters. The van der Waals surface area contributed by atoms with Gasteiger partial charge in [-0.1, -0.05) is 12.1 Å². The summed E-state index contributed by atoms with van der Waals surface area (Å²) < 4.78 is 40.2. The molecule has 0 aliphatic rings. The van der Waals surface area contributed by atoms with Gasteiger partial charge in [0.15, 0.2) is 0 Å². The first-order chi connectivity index (χ1) is 10.4. The number of hydrogen-bond acceptors (Lipinski definition) is 2. The van der Waals surface area contributed by atoms with Crippen molar-refractivity contribution in [3.63, 3.8) is 0 Å². The van der Waals surface area contributed by atoms with Crippen LogP contribution >= 0.6 is 0 Å². The second-order valence-corrected chi connectivity index (χ2v) is 4.82. The van der Waals surface area contributed by atoms with E-state index in [2.05, 4.69) is 5.32 Å². The number of aliphatic hydroxyl groups is 1. The molecule has 0 saturated carbocycles. The van der Waals surface area contributed by atoms with Crippen molar-refractivity contribution in [2.24, 2.45) is 0 Å². The topological polar surface area (TPSA) is 49.3 Å². The molecule has 2 N–H and O–H groups in total. The highest BCUT2D eigenvalue weighted by atomic mass is 19.1. The van der Waals surface area contributed by atoms with Crippen LogP contribution in [0.1, 0.15) is 27.6 Å². The van der Waals surface area contributed by atoms with Gasteiger partial charge in [-0.05, 0) is 36.8 Å². The molecule has 2 aromatic rings. The van der Waals surface area contributed by atoms with E-state index in [1.807, 2.05) is 0 Å². The number of hydrogen-bond donors (Lipinski definition) is 2. The second-order valence-electron chi connectivity index (χ2n) is 4.82. The number of benzene rings is 2. The number of carbonyl (C=O) groups excluding carboxylic acids is 1. The fourth-order valence-electron chi connectivity index (χ4n) is 2.05. The van der Waals surface area contributed by atoms with E-state index in [0.29, 0.717) is 5.56 Å². The van der Waals surface area contributed by atoms with Crippen molar-refractivity contribution in [3.8, 4) is 0 Å². The molecule has 0 saturated heterocycles. The standard InChI is InChI=1S/C16H14F3NO2/c1-9-5-6-10(17)7-11(9)16(22)20-8-14(21)15-12(18)3-2-4-13(15)19/h2-7,14,21H,8H2,1H3,(H,20,22). The van der Waals surface area contributed by atoms with Gasteiger partial charge in [0, 0.05) is 12.1 Å². The Morgan fingerprint density at radius 1 is 1.18 bits per heavy atom. The van der Waals surface area contributed by atoms with Gasteiger partial charge in [-0.2, -0.15) is 0 Å². The first kappa shape index (κ1) is 16.0. The summed E-state index contributed by atoms with van der Waals surface area (Å²) in [7, 11) is 0. The molecule has 22 heavy (non-hydrogen) atoms. The van der Waals surface area contributed by atoms with Crippen LogP contribution in [-0.2, 0) is 0 Å². The van der Waals surface area contributed by atoms with Gasteiger partial charge in [0.25, 0.3) is 5.91 Å². The van der Waals surface area contributed by atoms with Crippen LogP contribution in [0.15, 0.2) is 36.4 Å². The predicted octanol–water partition coefficient (Wildman–Crippen LogP) is 2.88. The lowest BCUT2D eigenvalue weighted by Crippen LogP contribution is -2.29. The summed E-state index contributed by atoms with van der Waals surface area (Å²) in [6.07, 6.45) is -1.54. The first-order valence-electron chi connectivity index (χ1n) is 6.56. The van der Waals surface area contributed by atoms with Gasteiger partial charge < -0.3 is 10.4 Å². The summed E-state index contributed by atoms with van der Waals surface area (Å²) in [5, 5.41) is 12.2. The Morgan fingerprint density at radius 2 is 1.82 bits per heavy atom. The van der Waals surface area contributed by atoms with Crippen molar-refractivity contribution in [1.29, 1.82) is 0 Å². The molecule has 2 rings (SSSR count). The van der Waals surface area contributed by atoms with Crippen molar-refractivity contribution in [2.75, 3.05) is 6.54 Å². The molecule has 1 amide bonds. The molecule has 0 bridgehead atoms. The molecule has 116 valence electrons. The Balaban J connectivity index is 2.09. The zero-order valence-corrected chi connectivity index (χ0v) is 11.7. The number of nitrogens with one attached hydrogen (secondary N) is 1. The maximum atomic E-state index is 13.5. The summed E-state index contributed by atoms with van der Waals surface area (Å²) >= 11 is 0. The molecule has 0 aromatic heterocycles. The lowest BCUT2D eigenvalue weighted by molar-refractivity contribution is 0.0910. The van der Waals surface area contributed by atoms with Crippen molar-refractivity contribution in [1.82, 2.24) is 5.32 Å². The molecule has 0 aliphatic heterocycles. The van der Waals surface area contributed by atoms with Crippen LogP contribution in [-0.4, -0.2) is 17.6 Å². The number of halogens is 3. The highest BCUT2D eigenvalue weighted by Gasteiger charge is 2.19. The van der Waals surface area contributed by atoms with Gasteiger partial charge in [0.2, 0.25) is 0 Å². The number of carbonyl (C=O) groups is 1. The largest absolute Gasteiger partial charge is 0.386 e. The maximum absolute atomic E-state index is 13.5. The van der Waals surface area contributed by atoms with Crippen molar-refractivity contribution >= 4 is 5.91 Å². The summed E-state index contributed by atoms with van der Waals surface area (Å²) in [4.78, 5) is 11.9. The van der Waals surface area contributed by atoms with E-state index in [9.17, 15) is 23.1 Å². The van der Waals surface area contributed by atoms with E-state index in [4.69, 9.17) is 0 Å². The molecular formula is C16H14F3NO2. The zero-order chi connectivity index (χ0) is 16.3.